The summed E-state index contributed by atoms with van der Waals surface area (Å²) in [6.07, 6.45) is 19.5. The Morgan fingerprint density at radius 3 is 2.53 bits per heavy atom. The zero-order valence-electron chi connectivity index (χ0n) is 12.9. The Bertz CT molecular complexity index is 261. The van der Waals surface area contributed by atoms with Crippen molar-refractivity contribution in [3.63, 3.8) is 0 Å². The van der Waals surface area contributed by atoms with Gasteiger partial charge in [-0.1, -0.05) is 44.3 Å². The van der Waals surface area contributed by atoms with E-state index in [1.807, 2.05) is 0 Å². The Kier molecular flexibility index (Phi) is 6.98. The maximum Gasteiger partial charge on any atom is 0.0132 e. The van der Waals surface area contributed by atoms with E-state index in [1.54, 1.807) is 5.57 Å². The van der Waals surface area contributed by atoms with Crippen molar-refractivity contribution >= 4 is 0 Å². The Balaban J connectivity index is 1.90. The molecule has 1 nitrogen and oxygen atoms in total. The smallest absolute Gasteiger partial charge is 0.0132 e. The van der Waals surface area contributed by atoms with Gasteiger partial charge in [-0.2, -0.15) is 0 Å². The molecule has 0 amide bonds. The van der Waals surface area contributed by atoms with Gasteiger partial charge in [0.05, 0.1) is 0 Å². The highest BCUT2D eigenvalue weighted by Crippen LogP contribution is 2.30. The molecule has 0 saturated heterocycles. The lowest BCUT2D eigenvalue weighted by Gasteiger charge is -2.29. The number of hydrogen-bond donors (Lipinski definition) is 1. The molecule has 19 heavy (non-hydrogen) atoms. The van der Waals surface area contributed by atoms with Gasteiger partial charge in [-0.25, -0.2) is 0 Å². The highest BCUT2D eigenvalue weighted by Gasteiger charge is 2.23. The van der Waals surface area contributed by atoms with Crippen LogP contribution in [0.3, 0.4) is 0 Å². The molecule has 110 valence electrons. The molecule has 2 aliphatic rings. The van der Waals surface area contributed by atoms with Gasteiger partial charge in [0, 0.05) is 6.04 Å². The van der Waals surface area contributed by atoms with E-state index in [0.29, 0.717) is 0 Å². The van der Waals surface area contributed by atoms with E-state index in [4.69, 9.17) is 0 Å². The van der Waals surface area contributed by atoms with Crippen LogP contribution in [0, 0.1) is 5.92 Å². The molecule has 0 radical (unpaired) electrons. The molecule has 0 aromatic rings. The maximum atomic E-state index is 3.87. The summed E-state index contributed by atoms with van der Waals surface area (Å²) in [5, 5.41) is 3.87. The molecule has 1 N–H and O–H groups in total. The van der Waals surface area contributed by atoms with Crippen molar-refractivity contribution < 1.29 is 0 Å². The van der Waals surface area contributed by atoms with Crippen LogP contribution < -0.4 is 5.32 Å². The Morgan fingerprint density at radius 1 is 1.11 bits per heavy atom. The van der Waals surface area contributed by atoms with E-state index in [0.717, 1.165) is 12.0 Å². The lowest BCUT2D eigenvalue weighted by atomic mass is 9.85. The maximum absolute atomic E-state index is 3.87. The fourth-order valence-electron chi connectivity index (χ4n) is 3.82. The molecule has 0 heterocycles. The molecule has 0 spiro atoms. The lowest BCUT2D eigenvalue weighted by molar-refractivity contribution is 0.314. The topological polar surface area (TPSA) is 12.0 Å². The molecule has 1 fully saturated rings. The Morgan fingerprint density at radius 2 is 1.89 bits per heavy atom. The minimum Gasteiger partial charge on any atom is -0.313 e. The van der Waals surface area contributed by atoms with Crippen LogP contribution in [0.1, 0.15) is 84.0 Å². The van der Waals surface area contributed by atoms with Gasteiger partial charge in [-0.05, 0) is 63.8 Å². The van der Waals surface area contributed by atoms with E-state index in [2.05, 4.69) is 18.3 Å². The summed E-state index contributed by atoms with van der Waals surface area (Å²) in [5.41, 5.74) is 1.75. The van der Waals surface area contributed by atoms with Gasteiger partial charge in [-0.3, -0.25) is 0 Å². The molecule has 1 saturated carbocycles. The second-order valence-electron chi connectivity index (χ2n) is 6.62. The normalized spacial score (nSPS) is 23.7. The third-order valence-corrected chi connectivity index (χ3v) is 4.99. The first-order chi connectivity index (χ1) is 9.40. The number of allylic oxidation sites excluding steroid dienone is 1. The van der Waals surface area contributed by atoms with Crippen molar-refractivity contribution in [3.05, 3.63) is 11.6 Å². The van der Waals surface area contributed by atoms with Crippen molar-refractivity contribution in [2.45, 2.75) is 90.0 Å². The average Bonchev–Trinajstić information content (AvgIpc) is 2.73. The summed E-state index contributed by atoms with van der Waals surface area (Å²) in [5.74, 6) is 0.942. The summed E-state index contributed by atoms with van der Waals surface area (Å²) in [6, 6.07) is 0.766. The second-order valence-corrected chi connectivity index (χ2v) is 6.62. The van der Waals surface area contributed by atoms with Crippen molar-refractivity contribution in [1.29, 1.82) is 0 Å². The van der Waals surface area contributed by atoms with Crippen LogP contribution in [0.2, 0.25) is 0 Å². The molecule has 0 aromatic carbocycles. The molecular weight excluding hydrogens is 230 g/mol. The minimum atomic E-state index is 0.766. The SMILES string of the molecule is CCCNC(CC1=CCCCC1)C1CCCCCC1. The molecule has 0 aliphatic heterocycles. The highest BCUT2D eigenvalue weighted by atomic mass is 14.9. The van der Waals surface area contributed by atoms with E-state index >= 15 is 0 Å². The van der Waals surface area contributed by atoms with E-state index in [9.17, 15) is 0 Å². The molecular formula is C18H33N. The predicted molar refractivity (Wildman–Crippen MR) is 84.4 cm³/mol. The molecule has 0 bridgehead atoms. The average molecular weight is 263 g/mol. The third-order valence-electron chi connectivity index (χ3n) is 4.99. The number of hydrogen-bond acceptors (Lipinski definition) is 1. The summed E-state index contributed by atoms with van der Waals surface area (Å²) < 4.78 is 0. The molecule has 2 aliphatic carbocycles. The van der Waals surface area contributed by atoms with Gasteiger partial charge in [0.2, 0.25) is 0 Å². The summed E-state index contributed by atoms with van der Waals surface area (Å²) in [7, 11) is 0. The Labute approximate surface area is 120 Å². The molecule has 2 rings (SSSR count). The van der Waals surface area contributed by atoms with Crippen LogP contribution in [0.4, 0.5) is 0 Å². The zero-order chi connectivity index (χ0) is 13.3. The third kappa shape index (κ3) is 5.30. The van der Waals surface area contributed by atoms with E-state index in [-0.39, 0.29) is 0 Å². The monoisotopic (exact) mass is 263 g/mol. The summed E-state index contributed by atoms with van der Waals surface area (Å²) in [6.45, 7) is 3.49. The van der Waals surface area contributed by atoms with Crippen molar-refractivity contribution in [1.82, 2.24) is 5.32 Å². The largest absolute Gasteiger partial charge is 0.313 e. The first kappa shape index (κ1) is 15.1. The van der Waals surface area contributed by atoms with Crippen molar-refractivity contribution in [2.24, 2.45) is 5.92 Å². The van der Waals surface area contributed by atoms with E-state index < -0.39 is 0 Å². The summed E-state index contributed by atoms with van der Waals surface area (Å²) in [4.78, 5) is 0. The second kappa shape index (κ2) is 8.79. The first-order valence-corrected chi connectivity index (χ1v) is 8.81. The van der Waals surface area contributed by atoms with Gasteiger partial charge in [0.1, 0.15) is 0 Å². The van der Waals surface area contributed by atoms with Gasteiger partial charge in [0.25, 0.3) is 0 Å². The van der Waals surface area contributed by atoms with Crippen LogP contribution >= 0.6 is 0 Å². The Hall–Kier alpha value is -0.300. The zero-order valence-corrected chi connectivity index (χ0v) is 12.9. The van der Waals surface area contributed by atoms with Crippen molar-refractivity contribution in [3.8, 4) is 0 Å². The van der Waals surface area contributed by atoms with Crippen LogP contribution in [0.15, 0.2) is 11.6 Å². The lowest BCUT2D eigenvalue weighted by Crippen LogP contribution is -2.37. The highest BCUT2D eigenvalue weighted by molar-refractivity contribution is 5.07. The number of nitrogens with one attached hydrogen (secondary N) is 1. The first-order valence-electron chi connectivity index (χ1n) is 8.81. The standard InChI is InChI=1S/C18H33N/c1-2-14-19-18(15-16-10-6-5-7-11-16)17-12-8-3-4-9-13-17/h10,17-19H,2-9,11-15H2,1H3. The summed E-state index contributed by atoms with van der Waals surface area (Å²) >= 11 is 0. The van der Waals surface area contributed by atoms with E-state index in [1.165, 1.54) is 83.6 Å². The quantitative estimate of drug-likeness (QED) is 0.512. The molecule has 0 aromatic heterocycles. The fourth-order valence-corrected chi connectivity index (χ4v) is 3.82. The molecule has 1 heteroatoms. The van der Waals surface area contributed by atoms with Crippen LogP contribution in [0.5, 0.6) is 0 Å². The van der Waals surface area contributed by atoms with Crippen LogP contribution in [-0.4, -0.2) is 12.6 Å². The number of rotatable bonds is 6. The predicted octanol–water partition coefficient (Wildman–Crippen LogP) is 5.22. The molecule has 1 unspecified atom stereocenters. The fraction of sp³-hybridized carbons (Fsp3) is 0.889. The van der Waals surface area contributed by atoms with Gasteiger partial charge in [0.15, 0.2) is 0 Å². The van der Waals surface area contributed by atoms with Gasteiger partial charge >= 0.3 is 0 Å². The van der Waals surface area contributed by atoms with Crippen LogP contribution in [-0.2, 0) is 0 Å². The van der Waals surface area contributed by atoms with Crippen LogP contribution in [0.25, 0.3) is 0 Å². The molecule has 1 atom stereocenters. The van der Waals surface area contributed by atoms with Gasteiger partial charge < -0.3 is 5.32 Å². The minimum absolute atomic E-state index is 0.766. The van der Waals surface area contributed by atoms with Crippen molar-refractivity contribution in [2.75, 3.05) is 6.54 Å². The van der Waals surface area contributed by atoms with Gasteiger partial charge in [-0.15, -0.1) is 0 Å².